The number of anilines is 2. The molecule has 1 atom stereocenters. The minimum Gasteiger partial charge on any atom is -0.324 e. The number of hydrogen-bond donors (Lipinski definition) is 1. The number of nitrogens with one attached hydrogen (secondary N) is 1. The molecule has 1 saturated heterocycles. The monoisotopic (exact) mass is 501 g/mol. The SMILES string of the molecule is Cc1cc(S(=O)C2CCN(C(C)C)CC2)ccc1Nc1ncc2cc(Cl)c(=O)n(C(C)C)c2n1. The highest BCUT2D eigenvalue weighted by molar-refractivity contribution is 7.85. The maximum atomic E-state index is 13.2. The lowest BCUT2D eigenvalue weighted by Gasteiger charge is -2.34. The number of halogens is 1. The van der Waals surface area contributed by atoms with Crippen molar-refractivity contribution in [3.05, 3.63) is 51.4 Å². The zero-order chi connectivity index (χ0) is 24.6. The fourth-order valence-corrected chi connectivity index (χ4v) is 6.17. The molecule has 4 rings (SSSR count). The molecule has 9 heteroatoms. The Balaban J connectivity index is 1.55. The average molecular weight is 502 g/mol. The third kappa shape index (κ3) is 5.04. The molecule has 7 nitrogen and oxygen atoms in total. The van der Waals surface area contributed by atoms with Crippen molar-refractivity contribution in [2.24, 2.45) is 0 Å². The van der Waals surface area contributed by atoms with Crippen molar-refractivity contribution >= 4 is 45.1 Å². The summed E-state index contributed by atoms with van der Waals surface area (Å²) in [4.78, 5) is 24.9. The Kier molecular flexibility index (Phi) is 7.40. The fraction of sp³-hybridized carbons (Fsp3) is 0.480. The number of hydrogen-bond acceptors (Lipinski definition) is 6. The minimum atomic E-state index is -1.03. The van der Waals surface area contributed by atoms with Gasteiger partial charge in [0.15, 0.2) is 0 Å². The van der Waals surface area contributed by atoms with Gasteiger partial charge in [-0.3, -0.25) is 13.6 Å². The summed E-state index contributed by atoms with van der Waals surface area (Å²) < 4.78 is 14.8. The van der Waals surface area contributed by atoms with Crippen LogP contribution in [0.15, 0.2) is 40.2 Å². The molecule has 1 aromatic carbocycles. The fourth-order valence-electron chi connectivity index (χ4n) is 4.45. The summed E-state index contributed by atoms with van der Waals surface area (Å²) in [7, 11) is -1.03. The van der Waals surface area contributed by atoms with Crippen LogP contribution >= 0.6 is 11.6 Å². The predicted molar refractivity (Wildman–Crippen MR) is 140 cm³/mol. The van der Waals surface area contributed by atoms with Gasteiger partial charge in [-0.1, -0.05) is 11.6 Å². The summed E-state index contributed by atoms with van der Waals surface area (Å²) in [6.45, 7) is 12.2. The molecule has 1 aliphatic heterocycles. The van der Waals surface area contributed by atoms with Gasteiger partial charge in [-0.25, -0.2) is 4.98 Å². The van der Waals surface area contributed by atoms with Crippen LogP contribution in [0.2, 0.25) is 5.02 Å². The highest BCUT2D eigenvalue weighted by Gasteiger charge is 2.26. The van der Waals surface area contributed by atoms with Gasteiger partial charge in [0.2, 0.25) is 5.95 Å². The minimum absolute atomic E-state index is 0.0974. The predicted octanol–water partition coefficient (Wildman–Crippen LogP) is 5.06. The normalized spacial score (nSPS) is 16.5. The van der Waals surface area contributed by atoms with Crippen LogP contribution in [0.3, 0.4) is 0 Å². The number of aromatic nitrogens is 3. The standard InChI is InChI=1S/C25H32ClN5O2S/c1-15(2)30-10-8-19(9-11-30)34(33)20-6-7-22(17(5)12-20)28-25-27-14-18-13-21(26)24(32)31(16(3)4)23(18)29-25/h6-7,12-16,19H,8-11H2,1-5H3,(H,27,28,29). The molecule has 1 N–H and O–H groups in total. The summed E-state index contributed by atoms with van der Waals surface area (Å²) in [5.41, 5.74) is 2.06. The van der Waals surface area contributed by atoms with E-state index in [1.54, 1.807) is 16.8 Å². The van der Waals surface area contributed by atoms with Crippen molar-refractivity contribution < 1.29 is 4.21 Å². The third-order valence-electron chi connectivity index (χ3n) is 6.43. The molecule has 3 heterocycles. The Labute approximate surface area is 208 Å². The lowest BCUT2D eigenvalue weighted by Crippen LogP contribution is -2.41. The summed E-state index contributed by atoms with van der Waals surface area (Å²) in [6.07, 6.45) is 3.57. The average Bonchev–Trinajstić information content (AvgIpc) is 2.80. The maximum Gasteiger partial charge on any atom is 0.271 e. The van der Waals surface area contributed by atoms with Crippen molar-refractivity contribution in [2.75, 3.05) is 18.4 Å². The number of nitrogens with zero attached hydrogens (tertiary/aromatic N) is 4. The van der Waals surface area contributed by atoms with E-state index in [0.29, 0.717) is 23.0 Å². The van der Waals surface area contributed by atoms with E-state index in [1.807, 2.05) is 39.0 Å². The van der Waals surface area contributed by atoms with E-state index in [2.05, 4.69) is 34.0 Å². The first-order valence-electron chi connectivity index (χ1n) is 11.8. The molecule has 3 aromatic rings. The Bertz CT molecular complexity index is 1280. The maximum absolute atomic E-state index is 13.2. The van der Waals surface area contributed by atoms with Gasteiger partial charge in [-0.2, -0.15) is 4.98 Å². The quantitative estimate of drug-likeness (QED) is 0.508. The topological polar surface area (TPSA) is 80.1 Å². The lowest BCUT2D eigenvalue weighted by molar-refractivity contribution is 0.187. The summed E-state index contributed by atoms with van der Waals surface area (Å²) in [5, 5.41) is 4.30. The van der Waals surface area contributed by atoms with Crippen LogP contribution in [0, 0.1) is 6.92 Å². The zero-order valence-corrected chi connectivity index (χ0v) is 21.9. The Hall–Kier alpha value is -2.29. The second-order valence-corrected chi connectivity index (χ2v) is 11.6. The molecule has 0 bridgehead atoms. The van der Waals surface area contributed by atoms with Gasteiger partial charge in [0.25, 0.3) is 5.56 Å². The van der Waals surface area contributed by atoms with E-state index >= 15 is 0 Å². The van der Waals surface area contributed by atoms with E-state index in [4.69, 9.17) is 11.6 Å². The Morgan fingerprint density at radius 2 is 1.82 bits per heavy atom. The van der Waals surface area contributed by atoms with Crippen molar-refractivity contribution in [3.63, 3.8) is 0 Å². The van der Waals surface area contributed by atoms with Gasteiger partial charge >= 0.3 is 0 Å². The summed E-state index contributed by atoms with van der Waals surface area (Å²) in [6, 6.07) is 7.87. The Morgan fingerprint density at radius 1 is 1.12 bits per heavy atom. The van der Waals surface area contributed by atoms with E-state index in [9.17, 15) is 9.00 Å². The van der Waals surface area contributed by atoms with Crippen LogP contribution in [-0.4, -0.2) is 48.0 Å². The Morgan fingerprint density at radius 3 is 2.44 bits per heavy atom. The first-order valence-corrected chi connectivity index (χ1v) is 13.3. The van der Waals surface area contributed by atoms with Crippen LogP contribution in [0.1, 0.15) is 52.1 Å². The second kappa shape index (κ2) is 10.1. The molecular weight excluding hydrogens is 470 g/mol. The smallest absolute Gasteiger partial charge is 0.271 e. The molecule has 182 valence electrons. The number of piperidine rings is 1. The number of pyridine rings is 1. The molecule has 0 spiro atoms. The molecule has 0 aliphatic carbocycles. The summed E-state index contributed by atoms with van der Waals surface area (Å²) >= 11 is 6.11. The molecule has 1 aliphatic rings. The van der Waals surface area contributed by atoms with E-state index in [1.165, 1.54) is 0 Å². The largest absolute Gasteiger partial charge is 0.324 e. The van der Waals surface area contributed by atoms with Gasteiger partial charge in [-0.15, -0.1) is 0 Å². The lowest BCUT2D eigenvalue weighted by atomic mass is 10.1. The van der Waals surface area contributed by atoms with E-state index in [0.717, 1.165) is 42.1 Å². The highest BCUT2D eigenvalue weighted by atomic mass is 35.5. The van der Waals surface area contributed by atoms with Gasteiger partial charge in [0.05, 0.1) is 10.8 Å². The number of fused-ring (bicyclic) bond motifs is 1. The van der Waals surface area contributed by atoms with Crippen LogP contribution in [0.25, 0.3) is 11.0 Å². The molecule has 2 aromatic heterocycles. The molecule has 0 saturated carbocycles. The molecule has 1 unspecified atom stereocenters. The molecule has 34 heavy (non-hydrogen) atoms. The first kappa shape index (κ1) is 24.8. The summed E-state index contributed by atoms with van der Waals surface area (Å²) in [5.74, 6) is 0.390. The molecule has 0 radical (unpaired) electrons. The molecule has 1 fully saturated rings. The second-order valence-electron chi connectivity index (χ2n) is 9.46. The number of rotatable bonds is 6. The highest BCUT2D eigenvalue weighted by Crippen LogP contribution is 2.27. The van der Waals surface area contributed by atoms with Crippen LogP contribution in [0.4, 0.5) is 11.6 Å². The van der Waals surface area contributed by atoms with Crippen LogP contribution in [-0.2, 0) is 10.8 Å². The van der Waals surface area contributed by atoms with Crippen molar-refractivity contribution in [1.82, 2.24) is 19.4 Å². The number of benzene rings is 1. The van der Waals surface area contributed by atoms with Crippen LogP contribution < -0.4 is 10.9 Å². The van der Waals surface area contributed by atoms with Crippen LogP contribution in [0.5, 0.6) is 0 Å². The number of likely N-dealkylation sites (tertiary alicyclic amines) is 1. The first-order chi connectivity index (χ1) is 16.2. The zero-order valence-electron chi connectivity index (χ0n) is 20.3. The number of aryl methyl sites for hydroxylation is 1. The van der Waals surface area contributed by atoms with Crippen molar-refractivity contribution in [2.45, 2.75) is 69.7 Å². The molecular formula is C25H32ClN5O2S. The van der Waals surface area contributed by atoms with Gasteiger partial charge < -0.3 is 10.2 Å². The third-order valence-corrected chi connectivity index (χ3v) is 8.50. The molecule has 0 amide bonds. The van der Waals surface area contributed by atoms with Gasteiger partial charge in [0, 0.05) is 39.5 Å². The van der Waals surface area contributed by atoms with E-state index in [-0.39, 0.29) is 21.9 Å². The van der Waals surface area contributed by atoms with E-state index < -0.39 is 10.8 Å². The van der Waals surface area contributed by atoms with Gasteiger partial charge in [0.1, 0.15) is 10.7 Å². The van der Waals surface area contributed by atoms with Crippen molar-refractivity contribution in [3.8, 4) is 0 Å². The van der Waals surface area contributed by atoms with Gasteiger partial charge in [-0.05, 0) is 90.4 Å². The van der Waals surface area contributed by atoms with Crippen molar-refractivity contribution in [1.29, 1.82) is 0 Å².